The first-order chi connectivity index (χ1) is 7.79. The molecule has 0 saturated carbocycles. The van der Waals surface area contributed by atoms with E-state index in [9.17, 15) is 4.79 Å². The summed E-state index contributed by atoms with van der Waals surface area (Å²) in [5.74, 6) is -0.206. The molecule has 1 aromatic carbocycles. The monoisotopic (exact) mass is 216 g/mol. The summed E-state index contributed by atoms with van der Waals surface area (Å²) in [6, 6.07) is 7.46. The number of anilines is 1. The number of imidazole rings is 1. The molecule has 2 rings (SSSR count). The fourth-order valence-corrected chi connectivity index (χ4v) is 1.37. The highest BCUT2D eigenvalue weighted by Crippen LogP contribution is 2.13. The van der Waals surface area contributed by atoms with Gasteiger partial charge in [0.2, 0.25) is 5.91 Å². The molecule has 16 heavy (non-hydrogen) atoms. The van der Waals surface area contributed by atoms with Crippen LogP contribution in [-0.4, -0.2) is 22.0 Å². The highest BCUT2D eigenvalue weighted by Gasteiger charge is 2.00. The fourth-order valence-electron chi connectivity index (χ4n) is 1.37. The van der Waals surface area contributed by atoms with Crippen LogP contribution in [0.1, 0.15) is 0 Å². The first-order valence-electron chi connectivity index (χ1n) is 4.88. The van der Waals surface area contributed by atoms with Gasteiger partial charge in [-0.15, -0.1) is 0 Å². The van der Waals surface area contributed by atoms with E-state index in [4.69, 9.17) is 5.73 Å². The number of nitrogens with one attached hydrogen (secondary N) is 1. The van der Waals surface area contributed by atoms with Crippen LogP contribution in [-0.2, 0) is 4.79 Å². The van der Waals surface area contributed by atoms with Gasteiger partial charge in [0.1, 0.15) is 0 Å². The van der Waals surface area contributed by atoms with E-state index in [2.05, 4.69) is 10.3 Å². The number of carbonyl (C=O) groups excluding carboxylic acids is 1. The van der Waals surface area contributed by atoms with Gasteiger partial charge in [-0.2, -0.15) is 0 Å². The molecular weight excluding hydrogens is 204 g/mol. The molecule has 0 fully saturated rings. The lowest BCUT2D eigenvalue weighted by atomic mass is 10.2. The number of carbonyl (C=O) groups is 1. The van der Waals surface area contributed by atoms with Crippen LogP contribution in [0.5, 0.6) is 0 Å². The minimum atomic E-state index is -0.206. The smallest absolute Gasteiger partial charge is 0.238 e. The number of amides is 1. The second kappa shape index (κ2) is 4.59. The molecule has 0 aliphatic carbocycles. The van der Waals surface area contributed by atoms with Gasteiger partial charge >= 0.3 is 0 Å². The molecule has 5 heteroatoms. The van der Waals surface area contributed by atoms with Gasteiger partial charge in [-0.3, -0.25) is 4.79 Å². The van der Waals surface area contributed by atoms with Crippen molar-refractivity contribution in [1.82, 2.24) is 9.55 Å². The Bertz CT molecular complexity index is 478. The van der Waals surface area contributed by atoms with Crippen molar-refractivity contribution >= 4 is 11.6 Å². The van der Waals surface area contributed by atoms with Crippen LogP contribution in [0.3, 0.4) is 0 Å². The SMILES string of the molecule is NCC(=O)Nc1cccc(-n2ccnc2)c1. The van der Waals surface area contributed by atoms with Gasteiger partial charge in [0.05, 0.1) is 12.9 Å². The minimum Gasteiger partial charge on any atom is -0.325 e. The van der Waals surface area contributed by atoms with Gasteiger partial charge in [0.25, 0.3) is 0 Å². The summed E-state index contributed by atoms with van der Waals surface area (Å²) in [4.78, 5) is 15.1. The van der Waals surface area contributed by atoms with Gasteiger partial charge in [-0.1, -0.05) is 6.07 Å². The fraction of sp³-hybridized carbons (Fsp3) is 0.0909. The average molecular weight is 216 g/mol. The van der Waals surface area contributed by atoms with Crippen molar-refractivity contribution in [2.24, 2.45) is 5.73 Å². The van der Waals surface area contributed by atoms with Crippen LogP contribution in [0.4, 0.5) is 5.69 Å². The molecule has 1 amide bonds. The van der Waals surface area contributed by atoms with Gasteiger partial charge in [0.15, 0.2) is 0 Å². The molecule has 0 bridgehead atoms. The second-order valence-corrected chi connectivity index (χ2v) is 3.27. The maximum Gasteiger partial charge on any atom is 0.238 e. The lowest BCUT2D eigenvalue weighted by molar-refractivity contribution is -0.114. The summed E-state index contributed by atoms with van der Waals surface area (Å²) in [6.07, 6.45) is 5.23. The predicted octanol–water partition coefficient (Wildman–Crippen LogP) is 0.769. The van der Waals surface area contributed by atoms with Crippen molar-refractivity contribution in [3.8, 4) is 5.69 Å². The Balaban J connectivity index is 2.23. The summed E-state index contributed by atoms with van der Waals surface area (Å²) in [5, 5.41) is 2.70. The van der Waals surface area contributed by atoms with E-state index >= 15 is 0 Å². The van der Waals surface area contributed by atoms with E-state index < -0.39 is 0 Å². The number of benzene rings is 1. The molecule has 0 spiro atoms. The average Bonchev–Trinajstić information content (AvgIpc) is 2.83. The Hall–Kier alpha value is -2.14. The van der Waals surface area contributed by atoms with E-state index in [1.165, 1.54) is 0 Å². The third-order valence-electron chi connectivity index (χ3n) is 2.12. The standard InChI is InChI=1S/C11H12N4O/c12-7-11(16)14-9-2-1-3-10(6-9)15-5-4-13-8-15/h1-6,8H,7,12H2,(H,14,16). The number of aromatic nitrogens is 2. The van der Waals surface area contributed by atoms with Gasteiger partial charge in [0, 0.05) is 23.8 Å². The van der Waals surface area contributed by atoms with Crippen LogP contribution in [0.15, 0.2) is 43.0 Å². The Morgan fingerprint density at radius 1 is 1.50 bits per heavy atom. The number of nitrogens with zero attached hydrogens (tertiary/aromatic N) is 2. The zero-order valence-electron chi connectivity index (χ0n) is 8.63. The first-order valence-corrected chi connectivity index (χ1v) is 4.88. The van der Waals surface area contributed by atoms with Crippen molar-refractivity contribution in [3.05, 3.63) is 43.0 Å². The summed E-state index contributed by atoms with van der Waals surface area (Å²) >= 11 is 0. The van der Waals surface area contributed by atoms with E-state index in [0.29, 0.717) is 0 Å². The third kappa shape index (κ3) is 2.26. The number of hydrogen-bond donors (Lipinski definition) is 2. The largest absolute Gasteiger partial charge is 0.325 e. The lowest BCUT2D eigenvalue weighted by Gasteiger charge is -2.06. The maximum atomic E-state index is 11.1. The molecule has 2 aromatic rings. The van der Waals surface area contributed by atoms with Crippen LogP contribution >= 0.6 is 0 Å². The van der Waals surface area contributed by atoms with E-state index in [0.717, 1.165) is 11.4 Å². The third-order valence-corrected chi connectivity index (χ3v) is 2.12. The van der Waals surface area contributed by atoms with E-state index in [1.54, 1.807) is 12.5 Å². The molecule has 0 saturated heterocycles. The predicted molar refractivity (Wildman–Crippen MR) is 61.2 cm³/mol. The first kappa shape index (κ1) is 10.4. The van der Waals surface area contributed by atoms with Crippen LogP contribution in [0.2, 0.25) is 0 Å². The Kier molecular flexibility index (Phi) is 2.98. The second-order valence-electron chi connectivity index (χ2n) is 3.27. The maximum absolute atomic E-state index is 11.1. The van der Waals surface area contributed by atoms with Crippen molar-refractivity contribution in [1.29, 1.82) is 0 Å². The Labute approximate surface area is 92.9 Å². The van der Waals surface area contributed by atoms with Crippen molar-refractivity contribution in [2.45, 2.75) is 0 Å². The Morgan fingerprint density at radius 3 is 3.06 bits per heavy atom. The van der Waals surface area contributed by atoms with Crippen molar-refractivity contribution in [3.63, 3.8) is 0 Å². The molecular formula is C11H12N4O. The van der Waals surface area contributed by atoms with Crippen LogP contribution in [0.25, 0.3) is 5.69 Å². The van der Waals surface area contributed by atoms with E-state index in [1.807, 2.05) is 35.0 Å². The zero-order chi connectivity index (χ0) is 11.4. The number of hydrogen-bond acceptors (Lipinski definition) is 3. The number of rotatable bonds is 3. The van der Waals surface area contributed by atoms with Gasteiger partial charge in [-0.05, 0) is 18.2 Å². The summed E-state index contributed by atoms with van der Waals surface area (Å²) in [5.41, 5.74) is 6.89. The summed E-state index contributed by atoms with van der Waals surface area (Å²) < 4.78 is 1.86. The quantitative estimate of drug-likeness (QED) is 0.795. The van der Waals surface area contributed by atoms with Gasteiger partial charge in [-0.25, -0.2) is 4.98 Å². The highest BCUT2D eigenvalue weighted by molar-refractivity contribution is 5.92. The molecule has 0 aliphatic heterocycles. The topological polar surface area (TPSA) is 72.9 Å². The molecule has 82 valence electrons. The normalized spacial score (nSPS) is 10.1. The molecule has 0 radical (unpaired) electrons. The minimum absolute atomic E-state index is 0.0185. The molecule has 1 aromatic heterocycles. The number of nitrogens with two attached hydrogens (primary N) is 1. The van der Waals surface area contributed by atoms with Gasteiger partial charge < -0.3 is 15.6 Å². The molecule has 5 nitrogen and oxygen atoms in total. The highest BCUT2D eigenvalue weighted by atomic mass is 16.1. The van der Waals surface area contributed by atoms with Crippen LogP contribution in [0, 0.1) is 0 Å². The Morgan fingerprint density at radius 2 is 2.38 bits per heavy atom. The summed E-state index contributed by atoms with van der Waals surface area (Å²) in [7, 11) is 0. The molecule has 0 unspecified atom stereocenters. The molecule has 3 N–H and O–H groups in total. The zero-order valence-corrected chi connectivity index (χ0v) is 8.63. The lowest BCUT2D eigenvalue weighted by Crippen LogP contribution is -2.21. The molecule has 0 aliphatic rings. The van der Waals surface area contributed by atoms with Crippen molar-refractivity contribution < 1.29 is 4.79 Å². The van der Waals surface area contributed by atoms with Crippen molar-refractivity contribution in [2.75, 3.05) is 11.9 Å². The molecule has 1 heterocycles. The van der Waals surface area contributed by atoms with E-state index in [-0.39, 0.29) is 12.5 Å². The summed E-state index contributed by atoms with van der Waals surface area (Å²) in [6.45, 7) is -0.0185. The molecule has 0 atom stereocenters. The van der Waals surface area contributed by atoms with Crippen LogP contribution < -0.4 is 11.1 Å².